The highest BCUT2D eigenvalue weighted by molar-refractivity contribution is 7.80. The van der Waals surface area contributed by atoms with Crippen LogP contribution in [0.2, 0.25) is 0 Å². The van der Waals surface area contributed by atoms with E-state index in [2.05, 4.69) is 15.3 Å². The lowest BCUT2D eigenvalue weighted by atomic mass is 10.1. The Hall–Kier alpha value is -3.47. The molecule has 5 rings (SSSR count). The normalized spacial score (nSPS) is 12.9. The molecule has 0 radical (unpaired) electrons. The number of urea groups is 1. The van der Waals surface area contributed by atoms with E-state index < -0.39 is 5.82 Å². The number of halogens is 1. The second kappa shape index (κ2) is 13.5. The summed E-state index contributed by atoms with van der Waals surface area (Å²) in [6.45, 7) is 3.79. The largest absolute Gasteiger partial charge is 0.453 e. The summed E-state index contributed by atoms with van der Waals surface area (Å²) in [6, 6.07) is 12.5. The van der Waals surface area contributed by atoms with Crippen LogP contribution in [0.4, 0.5) is 9.18 Å². The molecule has 0 spiro atoms. The molecule has 41 heavy (non-hydrogen) atoms. The van der Waals surface area contributed by atoms with Crippen molar-refractivity contribution in [1.82, 2.24) is 20.2 Å². The fraction of sp³-hybridized carbons (Fsp3) is 0.355. The number of hydrogen-bond donors (Lipinski definition) is 1. The molecule has 0 unspecified atom stereocenters. The van der Waals surface area contributed by atoms with Gasteiger partial charge in [0.05, 0.1) is 27.4 Å². The SMILES string of the molecule is CCNC(=O)N(CCOC)Cc1ccc(-c2cc3nccc(Oc4ccc(CC(=S)CC5CC5)cc4F)c3s2)nc1. The van der Waals surface area contributed by atoms with Gasteiger partial charge in [-0.15, -0.1) is 11.3 Å². The van der Waals surface area contributed by atoms with Gasteiger partial charge in [0, 0.05) is 51.6 Å². The zero-order valence-electron chi connectivity index (χ0n) is 23.2. The number of aromatic nitrogens is 2. The molecule has 2 amide bonds. The third-order valence-electron chi connectivity index (χ3n) is 6.84. The van der Waals surface area contributed by atoms with Crippen molar-refractivity contribution in [2.24, 2.45) is 5.92 Å². The van der Waals surface area contributed by atoms with Gasteiger partial charge in [-0.3, -0.25) is 9.97 Å². The summed E-state index contributed by atoms with van der Waals surface area (Å²) in [6.07, 6.45) is 7.49. The molecule has 0 saturated heterocycles. The molecule has 3 heterocycles. The number of thiocarbonyl (C=S) groups is 1. The topological polar surface area (TPSA) is 76.6 Å². The number of nitrogens with one attached hydrogen (secondary N) is 1. The van der Waals surface area contributed by atoms with E-state index in [-0.39, 0.29) is 11.8 Å². The van der Waals surface area contributed by atoms with E-state index in [0.29, 0.717) is 38.4 Å². The third kappa shape index (κ3) is 7.63. The molecular weight excluding hydrogens is 559 g/mol. The van der Waals surface area contributed by atoms with Gasteiger partial charge in [0.2, 0.25) is 0 Å². The van der Waals surface area contributed by atoms with E-state index in [0.717, 1.165) is 49.1 Å². The molecule has 0 aliphatic heterocycles. The monoisotopic (exact) mass is 592 g/mol. The fourth-order valence-corrected chi connectivity index (χ4v) is 5.97. The average Bonchev–Trinajstić information content (AvgIpc) is 3.66. The first-order chi connectivity index (χ1) is 19.9. The molecule has 10 heteroatoms. The van der Waals surface area contributed by atoms with Crippen LogP contribution in [-0.2, 0) is 17.7 Å². The molecule has 0 atom stereocenters. The number of fused-ring (bicyclic) bond motifs is 1. The summed E-state index contributed by atoms with van der Waals surface area (Å²) in [4.78, 5) is 25.1. The van der Waals surface area contributed by atoms with E-state index >= 15 is 0 Å². The number of hydrogen-bond acceptors (Lipinski definition) is 7. The van der Waals surface area contributed by atoms with Gasteiger partial charge in [0.25, 0.3) is 0 Å². The quantitative estimate of drug-likeness (QED) is 0.166. The van der Waals surface area contributed by atoms with Crippen molar-refractivity contribution >= 4 is 44.7 Å². The Kier molecular flexibility index (Phi) is 9.53. The highest BCUT2D eigenvalue weighted by atomic mass is 32.1. The van der Waals surface area contributed by atoms with Crippen molar-refractivity contribution in [1.29, 1.82) is 0 Å². The Labute approximate surface area is 248 Å². The van der Waals surface area contributed by atoms with Gasteiger partial charge in [-0.2, -0.15) is 0 Å². The molecule has 3 aromatic heterocycles. The minimum atomic E-state index is -0.414. The lowest BCUT2D eigenvalue weighted by Gasteiger charge is -2.22. The van der Waals surface area contributed by atoms with Crippen molar-refractivity contribution in [3.05, 3.63) is 71.8 Å². The molecule has 1 aliphatic carbocycles. The summed E-state index contributed by atoms with van der Waals surface area (Å²) >= 11 is 6.99. The molecule has 1 N–H and O–H groups in total. The molecule has 1 saturated carbocycles. The highest BCUT2D eigenvalue weighted by Crippen LogP contribution is 2.39. The van der Waals surface area contributed by atoms with Gasteiger partial charge in [-0.1, -0.05) is 24.4 Å². The zero-order valence-corrected chi connectivity index (χ0v) is 24.8. The first-order valence-electron chi connectivity index (χ1n) is 13.8. The predicted octanol–water partition coefficient (Wildman–Crippen LogP) is 7.18. The Balaban J connectivity index is 1.29. The lowest BCUT2D eigenvalue weighted by Crippen LogP contribution is -2.41. The number of thiophene rings is 1. The number of carbonyl (C=O) groups is 1. The number of methoxy groups -OCH3 is 1. The first kappa shape index (κ1) is 29.0. The van der Waals surface area contributed by atoms with Crippen LogP contribution in [0.1, 0.15) is 37.3 Å². The van der Waals surface area contributed by atoms with Crippen LogP contribution in [0.25, 0.3) is 20.8 Å². The van der Waals surface area contributed by atoms with Crippen molar-refractivity contribution in [3.8, 4) is 22.1 Å². The van der Waals surface area contributed by atoms with Crippen LogP contribution >= 0.6 is 23.6 Å². The number of rotatable bonds is 13. The van der Waals surface area contributed by atoms with Crippen molar-refractivity contribution in [3.63, 3.8) is 0 Å². The van der Waals surface area contributed by atoms with Crippen LogP contribution in [0.15, 0.2) is 54.9 Å². The van der Waals surface area contributed by atoms with E-state index in [9.17, 15) is 9.18 Å². The maximum absolute atomic E-state index is 15.0. The van der Waals surface area contributed by atoms with Crippen LogP contribution in [0.5, 0.6) is 11.5 Å². The fourth-order valence-electron chi connectivity index (χ4n) is 4.52. The molecule has 1 fully saturated rings. The first-order valence-corrected chi connectivity index (χ1v) is 15.0. The van der Waals surface area contributed by atoms with Crippen molar-refractivity contribution in [2.45, 2.75) is 39.2 Å². The number of amides is 2. The summed E-state index contributed by atoms with van der Waals surface area (Å²) < 4.78 is 27.0. The minimum absolute atomic E-state index is 0.139. The predicted molar refractivity (Wildman–Crippen MR) is 164 cm³/mol. The van der Waals surface area contributed by atoms with Gasteiger partial charge < -0.3 is 19.7 Å². The zero-order chi connectivity index (χ0) is 28.8. The number of benzene rings is 1. The summed E-state index contributed by atoms with van der Waals surface area (Å²) in [7, 11) is 1.61. The van der Waals surface area contributed by atoms with Crippen LogP contribution < -0.4 is 10.1 Å². The van der Waals surface area contributed by atoms with Crippen molar-refractivity contribution < 1.29 is 18.7 Å². The maximum Gasteiger partial charge on any atom is 0.317 e. The van der Waals surface area contributed by atoms with E-state index in [4.69, 9.17) is 21.7 Å². The third-order valence-corrected chi connectivity index (χ3v) is 8.31. The Morgan fingerprint density at radius 1 is 1.15 bits per heavy atom. The van der Waals surface area contributed by atoms with Crippen LogP contribution in [-0.4, -0.2) is 52.6 Å². The number of ether oxygens (including phenoxy) is 2. The molecule has 1 aliphatic rings. The summed E-state index contributed by atoms with van der Waals surface area (Å²) in [5.41, 5.74) is 3.30. The summed E-state index contributed by atoms with van der Waals surface area (Å²) in [5.74, 6) is 1.01. The smallest absolute Gasteiger partial charge is 0.317 e. The molecule has 4 aromatic rings. The maximum atomic E-state index is 15.0. The minimum Gasteiger partial charge on any atom is -0.453 e. The number of carbonyl (C=O) groups excluding carboxylic acids is 1. The Morgan fingerprint density at radius 3 is 2.68 bits per heavy atom. The molecule has 7 nitrogen and oxygen atoms in total. The molecule has 214 valence electrons. The number of pyridine rings is 2. The van der Waals surface area contributed by atoms with E-state index in [1.54, 1.807) is 36.5 Å². The van der Waals surface area contributed by atoms with E-state index in [1.807, 2.05) is 31.2 Å². The number of nitrogens with zero attached hydrogens (tertiary/aromatic N) is 3. The lowest BCUT2D eigenvalue weighted by molar-refractivity contribution is 0.146. The van der Waals surface area contributed by atoms with Gasteiger partial charge in [-0.25, -0.2) is 9.18 Å². The summed E-state index contributed by atoms with van der Waals surface area (Å²) in [5, 5.41) is 2.84. The Morgan fingerprint density at radius 2 is 1.98 bits per heavy atom. The van der Waals surface area contributed by atoms with Gasteiger partial charge in [0.1, 0.15) is 5.75 Å². The second-order valence-electron chi connectivity index (χ2n) is 10.2. The van der Waals surface area contributed by atoms with Crippen LogP contribution in [0.3, 0.4) is 0 Å². The van der Waals surface area contributed by atoms with Gasteiger partial charge in [0.15, 0.2) is 11.6 Å². The van der Waals surface area contributed by atoms with Gasteiger partial charge >= 0.3 is 6.03 Å². The van der Waals surface area contributed by atoms with Gasteiger partial charge in [-0.05, 0) is 72.4 Å². The average molecular weight is 593 g/mol. The molecule has 1 aromatic carbocycles. The highest BCUT2D eigenvalue weighted by Gasteiger charge is 2.23. The second-order valence-corrected chi connectivity index (χ2v) is 11.8. The van der Waals surface area contributed by atoms with Crippen molar-refractivity contribution in [2.75, 3.05) is 26.8 Å². The molecular formula is C31H33FN4O3S2. The standard InChI is InChI=1S/C31H33FN4O3S2/c1-3-33-31(37)36(12-13-38-2)19-22-6-8-25(35-18-22)29-17-26-30(41-29)28(10-11-34-26)39-27-9-7-21(16-24(27)32)15-23(40)14-20-4-5-20/h6-11,16-18,20H,3-5,12-15,19H2,1-2H3,(H,33,37). The molecule has 0 bridgehead atoms. The Bertz CT molecular complexity index is 1520. The van der Waals surface area contributed by atoms with E-state index in [1.165, 1.54) is 30.2 Å². The van der Waals surface area contributed by atoms with Crippen LogP contribution in [0, 0.1) is 11.7 Å².